The van der Waals surface area contributed by atoms with Crippen molar-refractivity contribution in [2.24, 2.45) is 11.7 Å². The normalized spacial score (nSPS) is 23.1. The maximum Gasteiger partial charge on any atom is 0.130 e. The molecule has 0 bridgehead atoms. The van der Waals surface area contributed by atoms with Gasteiger partial charge in [0.2, 0.25) is 0 Å². The Kier molecular flexibility index (Phi) is 4.75. The van der Waals surface area contributed by atoms with E-state index in [1.165, 1.54) is 31.4 Å². The molecule has 2 unspecified atom stereocenters. The zero-order chi connectivity index (χ0) is 13.8. The fraction of sp³-hybridized carbons (Fsp3) is 0.533. The first kappa shape index (κ1) is 14.3. The topological polar surface area (TPSA) is 35.2 Å². The van der Waals surface area contributed by atoms with Crippen molar-refractivity contribution < 1.29 is 9.13 Å². The molecule has 19 heavy (non-hydrogen) atoms. The Morgan fingerprint density at radius 3 is 2.95 bits per heavy atom. The molecular formula is C15H20FNOS. The van der Waals surface area contributed by atoms with E-state index in [0.29, 0.717) is 11.3 Å². The summed E-state index contributed by atoms with van der Waals surface area (Å²) in [5, 5.41) is 0. The Morgan fingerprint density at radius 2 is 2.26 bits per heavy atom. The highest BCUT2D eigenvalue weighted by Crippen LogP contribution is 2.31. The molecule has 0 spiro atoms. The van der Waals surface area contributed by atoms with Gasteiger partial charge in [0.25, 0.3) is 0 Å². The summed E-state index contributed by atoms with van der Waals surface area (Å²) < 4.78 is 19.2. The van der Waals surface area contributed by atoms with Crippen LogP contribution in [0.2, 0.25) is 0 Å². The van der Waals surface area contributed by atoms with Crippen molar-refractivity contribution in [1.29, 1.82) is 0 Å². The highest BCUT2D eigenvalue weighted by molar-refractivity contribution is 7.80. The highest BCUT2D eigenvalue weighted by Gasteiger charge is 2.23. The molecule has 0 saturated heterocycles. The van der Waals surface area contributed by atoms with E-state index >= 15 is 0 Å². The SMILES string of the molecule is CCC1CCCC(Oc2ccc(F)cc2C(N)=S)C1. The summed E-state index contributed by atoms with van der Waals surface area (Å²) in [5.74, 6) is 0.994. The fourth-order valence-corrected chi connectivity index (χ4v) is 2.86. The van der Waals surface area contributed by atoms with E-state index in [4.69, 9.17) is 22.7 Å². The van der Waals surface area contributed by atoms with Crippen LogP contribution in [-0.2, 0) is 0 Å². The summed E-state index contributed by atoms with van der Waals surface area (Å²) in [6, 6.07) is 4.36. The van der Waals surface area contributed by atoms with Crippen LogP contribution in [-0.4, -0.2) is 11.1 Å². The monoisotopic (exact) mass is 281 g/mol. The van der Waals surface area contributed by atoms with Crippen molar-refractivity contribution in [1.82, 2.24) is 0 Å². The van der Waals surface area contributed by atoms with Gasteiger partial charge in [-0.05, 0) is 43.4 Å². The number of nitrogens with two attached hydrogens (primary N) is 1. The number of benzene rings is 1. The number of ether oxygens (including phenoxy) is 1. The molecule has 1 aliphatic carbocycles. The molecule has 104 valence electrons. The van der Waals surface area contributed by atoms with Gasteiger partial charge in [-0.25, -0.2) is 4.39 Å². The number of hydrogen-bond donors (Lipinski definition) is 1. The Bertz CT molecular complexity index is 463. The second-order valence-corrected chi connectivity index (χ2v) is 5.63. The molecule has 1 aromatic rings. The Labute approximate surface area is 119 Å². The summed E-state index contributed by atoms with van der Waals surface area (Å²) in [6.07, 6.45) is 5.95. The van der Waals surface area contributed by atoms with Crippen molar-refractivity contribution in [3.63, 3.8) is 0 Å². The van der Waals surface area contributed by atoms with E-state index in [1.54, 1.807) is 6.07 Å². The minimum atomic E-state index is -0.342. The number of halogens is 1. The van der Waals surface area contributed by atoms with Crippen LogP contribution in [0, 0.1) is 11.7 Å². The highest BCUT2D eigenvalue weighted by atomic mass is 32.1. The molecule has 2 nitrogen and oxygen atoms in total. The van der Waals surface area contributed by atoms with Gasteiger partial charge in [0.05, 0.1) is 11.7 Å². The first-order valence-corrected chi connectivity index (χ1v) is 7.27. The minimum absolute atomic E-state index is 0.178. The van der Waals surface area contributed by atoms with E-state index < -0.39 is 0 Å². The molecule has 4 heteroatoms. The molecule has 1 saturated carbocycles. The van der Waals surface area contributed by atoms with Crippen molar-refractivity contribution in [3.05, 3.63) is 29.6 Å². The van der Waals surface area contributed by atoms with Crippen LogP contribution < -0.4 is 10.5 Å². The average molecular weight is 281 g/mol. The second kappa shape index (κ2) is 6.33. The predicted octanol–water partition coefficient (Wildman–Crippen LogP) is 3.81. The van der Waals surface area contributed by atoms with Gasteiger partial charge in [0.15, 0.2) is 0 Å². The van der Waals surface area contributed by atoms with Crippen LogP contribution >= 0.6 is 12.2 Å². The van der Waals surface area contributed by atoms with Crippen molar-refractivity contribution in [2.75, 3.05) is 0 Å². The molecule has 1 aromatic carbocycles. The molecule has 0 amide bonds. The molecule has 1 fully saturated rings. The smallest absolute Gasteiger partial charge is 0.130 e. The van der Waals surface area contributed by atoms with Crippen LogP contribution in [0.3, 0.4) is 0 Å². The molecular weight excluding hydrogens is 261 g/mol. The Morgan fingerprint density at radius 1 is 1.47 bits per heavy atom. The molecule has 0 heterocycles. The lowest BCUT2D eigenvalue weighted by Crippen LogP contribution is -2.26. The van der Waals surface area contributed by atoms with Crippen LogP contribution in [0.4, 0.5) is 4.39 Å². The molecule has 2 N–H and O–H groups in total. The fourth-order valence-electron chi connectivity index (χ4n) is 2.70. The third-order valence-corrected chi connectivity index (χ3v) is 4.03. The minimum Gasteiger partial charge on any atom is -0.490 e. The summed E-state index contributed by atoms with van der Waals surface area (Å²) in [7, 11) is 0. The Hall–Kier alpha value is -1.16. The lowest BCUT2D eigenvalue weighted by Gasteiger charge is -2.29. The summed E-state index contributed by atoms with van der Waals surface area (Å²) in [4.78, 5) is 0.178. The predicted molar refractivity (Wildman–Crippen MR) is 79.0 cm³/mol. The van der Waals surface area contributed by atoms with Crippen LogP contribution in [0.25, 0.3) is 0 Å². The zero-order valence-corrected chi connectivity index (χ0v) is 12.0. The number of rotatable bonds is 4. The van der Waals surface area contributed by atoms with Gasteiger partial charge in [-0.2, -0.15) is 0 Å². The molecule has 0 aromatic heterocycles. The third kappa shape index (κ3) is 3.66. The van der Waals surface area contributed by atoms with Crippen LogP contribution in [0.5, 0.6) is 5.75 Å². The van der Waals surface area contributed by atoms with E-state index in [1.807, 2.05) is 0 Å². The maximum atomic E-state index is 13.2. The van der Waals surface area contributed by atoms with Gasteiger partial charge in [-0.3, -0.25) is 0 Å². The lowest BCUT2D eigenvalue weighted by molar-refractivity contribution is 0.122. The van der Waals surface area contributed by atoms with Gasteiger partial charge in [0, 0.05) is 0 Å². The third-order valence-electron chi connectivity index (χ3n) is 3.81. The number of hydrogen-bond acceptors (Lipinski definition) is 2. The quantitative estimate of drug-likeness (QED) is 0.852. The molecule has 1 aliphatic rings. The Balaban J connectivity index is 2.12. The van der Waals surface area contributed by atoms with Crippen LogP contribution in [0.15, 0.2) is 18.2 Å². The molecule has 0 aliphatic heterocycles. The van der Waals surface area contributed by atoms with Crippen molar-refractivity contribution in [3.8, 4) is 5.75 Å². The summed E-state index contributed by atoms with van der Waals surface area (Å²) in [6.45, 7) is 2.21. The first-order chi connectivity index (χ1) is 9.10. The van der Waals surface area contributed by atoms with Gasteiger partial charge < -0.3 is 10.5 Å². The van der Waals surface area contributed by atoms with Gasteiger partial charge in [-0.1, -0.05) is 32.0 Å². The maximum absolute atomic E-state index is 13.2. The van der Waals surface area contributed by atoms with E-state index in [0.717, 1.165) is 18.8 Å². The lowest BCUT2D eigenvalue weighted by atomic mass is 9.85. The van der Waals surface area contributed by atoms with Gasteiger partial charge in [0.1, 0.15) is 16.6 Å². The summed E-state index contributed by atoms with van der Waals surface area (Å²) >= 11 is 4.95. The standard InChI is InChI=1S/C15H20FNOS/c1-2-10-4-3-5-12(8-10)18-14-7-6-11(16)9-13(14)15(17)19/h6-7,9-10,12H,2-5,8H2,1H3,(H2,17,19). The second-order valence-electron chi connectivity index (χ2n) is 5.19. The van der Waals surface area contributed by atoms with E-state index in [9.17, 15) is 4.39 Å². The zero-order valence-electron chi connectivity index (χ0n) is 11.2. The largest absolute Gasteiger partial charge is 0.490 e. The van der Waals surface area contributed by atoms with Gasteiger partial charge in [-0.15, -0.1) is 0 Å². The van der Waals surface area contributed by atoms with Crippen molar-refractivity contribution >= 4 is 17.2 Å². The molecule has 2 atom stereocenters. The number of thiocarbonyl (C=S) groups is 1. The van der Waals surface area contributed by atoms with Crippen molar-refractivity contribution in [2.45, 2.75) is 45.1 Å². The van der Waals surface area contributed by atoms with Crippen LogP contribution in [0.1, 0.15) is 44.6 Å². The van der Waals surface area contributed by atoms with E-state index in [-0.39, 0.29) is 16.9 Å². The van der Waals surface area contributed by atoms with E-state index in [2.05, 4.69) is 6.92 Å². The molecule has 0 radical (unpaired) electrons. The van der Waals surface area contributed by atoms with Gasteiger partial charge >= 0.3 is 0 Å². The average Bonchev–Trinajstić information content (AvgIpc) is 2.41. The first-order valence-electron chi connectivity index (χ1n) is 6.86. The molecule has 2 rings (SSSR count). The summed E-state index contributed by atoms with van der Waals surface area (Å²) in [5.41, 5.74) is 6.12.